The third-order valence-electron chi connectivity index (χ3n) is 6.14. The van der Waals surface area contributed by atoms with Gasteiger partial charge in [-0.1, -0.05) is 42.8 Å². The largest absolute Gasteiger partial charge is 0.378 e. The number of amides is 2. The van der Waals surface area contributed by atoms with Crippen LogP contribution in [0.4, 0.5) is 11.4 Å². The number of nitrogens with zero attached hydrogens (tertiary/aromatic N) is 4. The number of rotatable bonds is 5. The van der Waals surface area contributed by atoms with E-state index in [-0.39, 0.29) is 11.8 Å². The first-order valence-electron chi connectivity index (χ1n) is 10.9. The second-order valence-electron chi connectivity index (χ2n) is 8.37. The highest BCUT2D eigenvalue weighted by Crippen LogP contribution is 2.36. The highest BCUT2D eigenvalue weighted by atomic mass is 16.2. The van der Waals surface area contributed by atoms with Gasteiger partial charge in [-0.15, -0.1) is 0 Å². The minimum atomic E-state index is -0.252. The van der Waals surface area contributed by atoms with Crippen molar-refractivity contribution in [3.05, 3.63) is 65.4 Å². The zero-order valence-electron chi connectivity index (χ0n) is 18.8. The first kappa shape index (κ1) is 21.1. The summed E-state index contributed by atoms with van der Waals surface area (Å²) in [4.78, 5) is 35.1. The van der Waals surface area contributed by atoms with E-state index >= 15 is 0 Å². The van der Waals surface area contributed by atoms with Crippen molar-refractivity contribution < 1.29 is 9.59 Å². The minimum absolute atomic E-state index is 0.235. The van der Waals surface area contributed by atoms with Crippen LogP contribution in [-0.2, 0) is 9.59 Å². The summed E-state index contributed by atoms with van der Waals surface area (Å²) in [6.07, 6.45) is 0. The lowest BCUT2D eigenvalue weighted by Gasteiger charge is -2.36. The Balaban J connectivity index is 1.77. The predicted octanol–water partition coefficient (Wildman–Crippen LogP) is 2.98. The van der Waals surface area contributed by atoms with Gasteiger partial charge in [0.2, 0.25) is 0 Å². The number of benzene rings is 2. The molecule has 1 saturated heterocycles. The number of carbonyl (C=O) groups excluding carboxylic acids is 2. The summed E-state index contributed by atoms with van der Waals surface area (Å²) in [6.45, 7) is 8.41. The lowest BCUT2D eigenvalue weighted by Crippen LogP contribution is -2.47. The molecule has 0 atom stereocenters. The van der Waals surface area contributed by atoms with Gasteiger partial charge in [0, 0.05) is 46.0 Å². The maximum absolute atomic E-state index is 13.7. The average Bonchev–Trinajstić information content (AvgIpc) is 3.04. The van der Waals surface area contributed by atoms with Crippen molar-refractivity contribution in [1.29, 1.82) is 0 Å². The fourth-order valence-electron chi connectivity index (χ4n) is 4.22. The van der Waals surface area contributed by atoms with Crippen molar-refractivity contribution in [2.45, 2.75) is 13.8 Å². The molecule has 0 spiro atoms. The third kappa shape index (κ3) is 3.95. The number of likely N-dealkylation sites (N-methyl/N-ethyl adjacent to an activating group) is 1. The Morgan fingerprint density at radius 3 is 2.19 bits per heavy atom. The summed E-state index contributed by atoms with van der Waals surface area (Å²) in [5, 5.41) is 0. The van der Waals surface area contributed by atoms with Crippen molar-refractivity contribution in [2.75, 3.05) is 56.6 Å². The fraction of sp³-hybridized carbons (Fsp3) is 0.360. The molecule has 2 aliphatic rings. The molecule has 31 heavy (non-hydrogen) atoms. The molecule has 6 nitrogen and oxygen atoms in total. The highest BCUT2D eigenvalue weighted by Gasteiger charge is 2.43. The van der Waals surface area contributed by atoms with Crippen molar-refractivity contribution >= 4 is 28.8 Å². The zero-order valence-corrected chi connectivity index (χ0v) is 18.8. The molecule has 0 aliphatic carbocycles. The van der Waals surface area contributed by atoms with Crippen molar-refractivity contribution in [2.24, 2.45) is 0 Å². The molecule has 4 rings (SSSR count). The molecule has 162 valence electrons. The fourth-order valence-corrected chi connectivity index (χ4v) is 4.22. The molecule has 2 aromatic rings. The van der Waals surface area contributed by atoms with Crippen molar-refractivity contribution in [1.82, 2.24) is 9.80 Å². The Morgan fingerprint density at radius 1 is 0.903 bits per heavy atom. The van der Waals surface area contributed by atoms with Crippen LogP contribution in [0.15, 0.2) is 54.2 Å². The quantitative estimate of drug-likeness (QED) is 0.699. The van der Waals surface area contributed by atoms with E-state index in [0.717, 1.165) is 49.5 Å². The average molecular weight is 419 g/mol. The lowest BCUT2D eigenvalue weighted by atomic mass is 10.0. The topological polar surface area (TPSA) is 47.1 Å². The Kier molecular flexibility index (Phi) is 5.83. The zero-order chi connectivity index (χ0) is 22.1. The van der Waals surface area contributed by atoms with Crippen LogP contribution in [0.2, 0.25) is 0 Å². The summed E-state index contributed by atoms with van der Waals surface area (Å²) in [7, 11) is 3.89. The van der Waals surface area contributed by atoms with E-state index in [9.17, 15) is 9.59 Å². The molecule has 2 heterocycles. The number of hydrogen-bond acceptors (Lipinski definition) is 5. The number of piperazine rings is 1. The highest BCUT2D eigenvalue weighted by molar-refractivity contribution is 6.45. The molecule has 0 N–H and O–H groups in total. The molecule has 0 bridgehead atoms. The summed E-state index contributed by atoms with van der Waals surface area (Å²) in [5.41, 5.74) is 4.50. The second kappa shape index (κ2) is 8.55. The maximum atomic E-state index is 13.7. The second-order valence-corrected chi connectivity index (χ2v) is 8.37. The Bertz CT molecular complexity index is 1020. The summed E-state index contributed by atoms with van der Waals surface area (Å²) in [6, 6.07) is 15.4. The van der Waals surface area contributed by atoms with Crippen LogP contribution in [0.5, 0.6) is 0 Å². The summed E-state index contributed by atoms with van der Waals surface area (Å²) < 4.78 is 0. The molecule has 0 unspecified atom stereocenters. The first-order chi connectivity index (χ1) is 14.9. The Labute approximate surface area is 184 Å². The van der Waals surface area contributed by atoms with E-state index in [4.69, 9.17) is 0 Å². The molecule has 2 aromatic carbocycles. The molecule has 0 saturated carbocycles. The van der Waals surface area contributed by atoms with Gasteiger partial charge in [0.05, 0.1) is 11.3 Å². The van der Waals surface area contributed by atoms with Crippen LogP contribution in [-0.4, -0.2) is 68.4 Å². The molecule has 1 fully saturated rings. The van der Waals surface area contributed by atoms with Gasteiger partial charge in [-0.2, -0.15) is 0 Å². The first-order valence-corrected chi connectivity index (χ1v) is 10.9. The van der Waals surface area contributed by atoms with Gasteiger partial charge in [0.1, 0.15) is 5.70 Å². The number of carbonyl (C=O) groups is 2. The van der Waals surface area contributed by atoms with E-state index in [1.807, 2.05) is 74.4 Å². The molecular weight excluding hydrogens is 388 g/mol. The third-order valence-corrected chi connectivity index (χ3v) is 6.14. The molecule has 2 amide bonds. The molecule has 6 heteroatoms. The van der Waals surface area contributed by atoms with Gasteiger partial charge in [0.25, 0.3) is 11.8 Å². The predicted molar refractivity (Wildman–Crippen MR) is 125 cm³/mol. The molecular formula is C25H30N4O2. The van der Waals surface area contributed by atoms with Crippen LogP contribution in [0.3, 0.4) is 0 Å². The van der Waals surface area contributed by atoms with Gasteiger partial charge in [-0.3, -0.25) is 9.59 Å². The van der Waals surface area contributed by atoms with E-state index in [2.05, 4.69) is 16.7 Å². The minimum Gasteiger partial charge on any atom is -0.378 e. The lowest BCUT2D eigenvalue weighted by molar-refractivity contribution is -0.120. The van der Waals surface area contributed by atoms with Crippen LogP contribution in [0.1, 0.15) is 18.1 Å². The number of aryl methyl sites for hydroxylation is 1. The van der Waals surface area contributed by atoms with Crippen LogP contribution >= 0.6 is 0 Å². The maximum Gasteiger partial charge on any atom is 0.282 e. The summed E-state index contributed by atoms with van der Waals surface area (Å²) >= 11 is 0. The van der Waals surface area contributed by atoms with Crippen molar-refractivity contribution in [3.63, 3.8) is 0 Å². The number of imide groups is 1. The Hall–Kier alpha value is -3.12. The summed E-state index contributed by atoms with van der Waals surface area (Å²) in [5.74, 6) is -0.487. The number of anilines is 2. The smallest absolute Gasteiger partial charge is 0.282 e. The van der Waals surface area contributed by atoms with Gasteiger partial charge in [-0.05, 0) is 37.2 Å². The van der Waals surface area contributed by atoms with E-state index < -0.39 is 0 Å². The molecule has 0 radical (unpaired) electrons. The van der Waals surface area contributed by atoms with Gasteiger partial charge < -0.3 is 14.7 Å². The Morgan fingerprint density at radius 2 is 1.58 bits per heavy atom. The van der Waals surface area contributed by atoms with Gasteiger partial charge in [-0.25, -0.2) is 4.90 Å². The van der Waals surface area contributed by atoms with Gasteiger partial charge in [0.15, 0.2) is 0 Å². The van der Waals surface area contributed by atoms with Crippen LogP contribution in [0, 0.1) is 6.92 Å². The van der Waals surface area contributed by atoms with Crippen LogP contribution in [0.25, 0.3) is 5.57 Å². The normalized spacial score (nSPS) is 17.7. The number of hydrogen-bond donors (Lipinski definition) is 0. The SMILES string of the molecule is CCN1CCN(C2=C(c3ccc(C)cc3)C(=O)N(c3cccc(N(C)C)c3)C2=O)CC1. The van der Waals surface area contributed by atoms with Gasteiger partial charge >= 0.3 is 0 Å². The molecule has 0 aromatic heterocycles. The standard InChI is InChI=1S/C25H30N4O2/c1-5-27-13-15-28(16-14-27)23-22(19-11-9-18(2)10-12-19)24(30)29(25(23)31)21-8-6-7-20(17-21)26(3)4/h6-12,17H,5,13-16H2,1-4H3. The molecule has 2 aliphatic heterocycles. The van der Waals surface area contributed by atoms with E-state index in [1.165, 1.54) is 4.90 Å². The van der Waals surface area contributed by atoms with Crippen molar-refractivity contribution in [3.8, 4) is 0 Å². The van der Waals surface area contributed by atoms with Crippen LogP contribution < -0.4 is 9.80 Å². The monoisotopic (exact) mass is 418 g/mol. The van der Waals surface area contributed by atoms with E-state index in [1.54, 1.807) is 0 Å². The van der Waals surface area contributed by atoms with E-state index in [0.29, 0.717) is 17.0 Å².